The van der Waals surface area contributed by atoms with E-state index in [-0.39, 0.29) is 6.61 Å². The maximum atomic E-state index is 10.8. The molecule has 1 aliphatic heterocycles. The molecular weight excluding hydrogens is 264 g/mol. The second-order valence-corrected chi connectivity index (χ2v) is 4.43. The van der Waals surface area contributed by atoms with Gasteiger partial charge in [0.2, 0.25) is 0 Å². The topological polar surface area (TPSA) is 102 Å². The summed E-state index contributed by atoms with van der Waals surface area (Å²) < 4.78 is 14.7. The first-order valence-corrected chi connectivity index (χ1v) is 5.84. The van der Waals surface area contributed by atoms with Gasteiger partial charge in [0.05, 0.1) is 0 Å². The second-order valence-electron chi connectivity index (χ2n) is 3.92. The summed E-state index contributed by atoms with van der Waals surface area (Å²) in [6, 6.07) is 0. The van der Waals surface area contributed by atoms with Crippen molar-refractivity contribution in [2.75, 3.05) is 6.61 Å². The predicted molar refractivity (Wildman–Crippen MR) is 61.8 cm³/mol. The van der Waals surface area contributed by atoms with Gasteiger partial charge in [-0.05, 0) is 0 Å². The van der Waals surface area contributed by atoms with E-state index in [4.69, 9.17) is 9.47 Å². The van der Waals surface area contributed by atoms with Gasteiger partial charge in [-0.2, -0.15) is 0 Å². The molecule has 104 valence electrons. The highest BCUT2D eigenvalue weighted by Gasteiger charge is 2.45. The Morgan fingerprint density at radius 3 is 2.33 bits per heavy atom. The van der Waals surface area contributed by atoms with Crippen molar-refractivity contribution in [3.05, 3.63) is 0 Å². The highest BCUT2D eigenvalue weighted by molar-refractivity contribution is 7.80. The number of aliphatic hydroxyl groups is 2. The third-order valence-corrected chi connectivity index (χ3v) is 2.83. The number of aliphatic hydroxyl groups excluding tert-OH is 2. The highest BCUT2D eigenvalue weighted by Crippen LogP contribution is 2.26. The number of carbonyl (C=O) groups excluding carboxylic acids is 2. The quantitative estimate of drug-likeness (QED) is 0.443. The fraction of sp³-hybridized carbons (Fsp3) is 0.800. The van der Waals surface area contributed by atoms with E-state index in [1.807, 2.05) is 0 Å². The molecule has 1 saturated heterocycles. The Hall–Kier alpha value is -0.830. The lowest BCUT2D eigenvalue weighted by molar-refractivity contribution is -0.220. The molecule has 8 heteroatoms. The Morgan fingerprint density at radius 2 is 1.83 bits per heavy atom. The van der Waals surface area contributed by atoms with Gasteiger partial charge in [0.25, 0.3) is 0 Å². The first-order valence-electron chi connectivity index (χ1n) is 5.33. The van der Waals surface area contributed by atoms with E-state index in [1.165, 1.54) is 13.8 Å². The van der Waals surface area contributed by atoms with E-state index in [0.717, 1.165) is 0 Å². The molecule has 18 heavy (non-hydrogen) atoms. The zero-order chi connectivity index (χ0) is 13.9. The Morgan fingerprint density at radius 1 is 1.22 bits per heavy atom. The second kappa shape index (κ2) is 6.37. The van der Waals surface area contributed by atoms with E-state index in [1.54, 1.807) is 0 Å². The maximum absolute atomic E-state index is 10.8. The van der Waals surface area contributed by atoms with Gasteiger partial charge in [-0.15, -0.1) is 12.6 Å². The maximum Gasteiger partial charge on any atom is 0.303 e. The molecule has 1 rings (SSSR count). The minimum Gasteiger partial charge on any atom is -0.463 e. The number of esters is 2. The lowest BCUT2D eigenvalue weighted by atomic mass is 10.00. The number of rotatable bonds is 3. The molecule has 0 aromatic heterocycles. The van der Waals surface area contributed by atoms with Gasteiger partial charge >= 0.3 is 11.9 Å². The number of ether oxygens (including phenoxy) is 3. The summed E-state index contributed by atoms with van der Waals surface area (Å²) in [7, 11) is 0. The van der Waals surface area contributed by atoms with Crippen molar-refractivity contribution in [3.8, 4) is 0 Å². The first-order chi connectivity index (χ1) is 8.32. The Labute approximate surface area is 109 Å². The van der Waals surface area contributed by atoms with Crippen LogP contribution in [-0.4, -0.2) is 58.6 Å². The summed E-state index contributed by atoms with van der Waals surface area (Å²) in [4.78, 5) is 21.5. The number of hydrogen-bond acceptors (Lipinski definition) is 8. The zero-order valence-electron chi connectivity index (χ0n) is 9.98. The molecular formula is C10H16O7S. The molecule has 0 aliphatic carbocycles. The van der Waals surface area contributed by atoms with Gasteiger partial charge in [0.1, 0.15) is 30.4 Å². The van der Waals surface area contributed by atoms with Crippen LogP contribution >= 0.6 is 12.6 Å². The monoisotopic (exact) mass is 280 g/mol. The Kier molecular flexibility index (Phi) is 5.39. The zero-order valence-corrected chi connectivity index (χ0v) is 10.9. The molecule has 1 fully saturated rings. The SMILES string of the molecule is CC(=O)OCC1O[C@@H](S)[C@@H](OC(C)=O)C(O)[C@@H]1O. The predicted octanol–water partition coefficient (Wildman–Crippen LogP) is -1.14. The number of thiol groups is 1. The molecule has 1 aliphatic rings. The van der Waals surface area contributed by atoms with Crippen LogP contribution in [0.5, 0.6) is 0 Å². The largest absolute Gasteiger partial charge is 0.463 e. The average molecular weight is 280 g/mol. The lowest BCUT2D eigenvalue weighted by Gasteiger charge is -2.39. The smallest absolute Gasteiger partial charge is 0.303 e. The molecule has 0 amide bonds. The molecule has 0 spiro atoms. The van der Waals surface area contributed by atoms with Crippen molar-refractivity contribution in [3.63, 3.8) is 0 Å². The number of hydrogen-bond donors (Lipinski definition) is 3. The summed E-state index contributed by atoms with van der Waals surface area (Å²) in [6.07, 6.45) is -4.68. The molecule has 0 radical (unpaired) electrons. The molecule has 0 aromatic carbocycles. The molecule has 0 aromatic rings. The van der Waals surface area contributed by atoms with Crippen molar-refractivity contribution >= 4 is 24.6 Å². The summed E-state index contributed by atoms with van der Waals surface area (Å²) in [6.45, 7) is 2.17. The van der Waals surface area contributed by atoms with Crippen LogP contribution in [0.1, 0.15) is 13.8 Å². The lowest BCUT2D eigenvalue weighted by Crippen LogP contribution is -2.58. The van der Waals surface area contributed by atoms with Crippen LogP contribution in [0.2, 0.25) is 0 Å². The van der Waals surface area contributed by atoms with Gasteiger partial charge in [-0.25, -0.2) is 0 Å². The normalized spacial score (nSPS) is 35.9. The van der Waals surface area contributed by atoms with Crippen LogP contribution in [0.3, 0.4) is 0 Å². The first kappa shape index (κ1) is 15.2. The fourth-order valence-electron chi connectivity index (χ4n) is 1.58. The summed E-state index contributed by atoms with van der Waals surface area (Å²) in [5, 5.41) is 19.6. The molecule has 2 N–H and O–H groups in total. The fourth-order valence-corrected chi connectivity index (χ4v) is 1.97. The van der Waals surface area contributed by atoms with Crippen molar-refractivity contribution in [2.45, 2.75) is 43.7 Å². The van der Waals surface area contributed by atoms with Crippen LogP contribution < -0.4 is 0 Å². The summed E-state index contributed by atoms with van der Waals surface area (Å²) >= 11 is 4.02. The minimum absolute atomic E-state index is 0.211. The third-order valence-electron chi connectivity index (χ3n) is 2.42. The summed E-state index contributed by atoms with van der Waals surface area (Å²) in [5.41, 5.74) is -0.909. The molecule has 2 unspecified atom stereocenters. The Balaban J connectivity index is 2.64. The van der Waals surface area contributed by atoms with Crippen LogP contribution in [0.25, 0.3) is 0 Å². The van der Waals surface area contributed by atoms with E-state index >= 15 is 0 Å². The van der Waals surface area contributed by atoms with E-state index < -0.39 is 41.8 Å². The molecule has 5 atom stereocenters. The van der Waals surface area contributed by atoms with Gasteiger partial charge < -0.3 is 24.4 Å². The number of carbonyl (C=O) groups is 2. The van der Waals surface area contributed by atoms with Crippen LogP contribution in [0.4, 0.5) is 0 Å². The van der Waals surface area contributed by atoms with Gasteiger partial charge in [-0.3, -0.25) is 9.59 Å². The Bertz CT molecular complexity index is 319. The van der Waals surface area contributed by atoms with E-state index in [9.17, 15) is 19.8 Å². The molecule has 0 bridgehead atoms. The van der Waals surface area contributed by atoms with E-state index in [2.05, 4.69) is 17.4 Å². The minimum atomic E-state index is -1.36. The standard InChI is InChI=1S/C10H16O7S/c1-4(11)15-3-6-7(13)8(14)9(10(18)17-6)16-5(2)12/h6-10,13-14,18H,3H2,1-2H3/t6?,7-,8?,9+,10+/m1/s1. The highest BCUT2D eigenvalue weighted by atomic mass is 32.1. The van der Waals surface area contributed by atoms with Gasteiger partial charge in [0.15, 0.2) is 6.10 Å². The van der Waals surface area contributed by atoms with Crippen LogP contribution in [0, 0.1) is 0 Å². The summed E-state index contributed by atoms with van der Waals surface area (Å²) in [5.74, 6) is -1.15. The van der Waals surface area contributed by atoms with Gasteiger partial charge in [-0.1, -0.05) is 0 Å². The molecule has 1 heterocycles. The van der Waals surface area contributed by atoms with Gasteiger partial charge in [0, 0.05) is 13.8 Å². The van der Waals surface area contributed by atoms with Crippen molar-refractivity contribution < 1.29 is 34.0 Å². The van der Waals surface area contributed by atoms with Crippen molar-refractivity contribution in [2.24, 2.45) is 0 Å². The van der Waals surface area contributed by atoms with Crippen LogP contribution in [-0.2, 0) is 23.8 Å². The average Bonchev–Trinajstić information content (AvgIpc) is 2.27. The van der Waals surface area contributed by atoms with Crippen molar-refractivity contribution in [1.82, 2.24) is 0 Å². The molecule has 7 nitrogen and oxygen atoms in total. The van der Waals surface area contributed by atoms with Crippen molar-refractivity contribution in [1.29, 1.82) is 0 Å². The van der Waals surface area contributed by atoms with Crippen LogP contribution in [0.15, 0.2) is 0 Å². The van der Waals surface area contributed by atoms with E-state index in [0.29, 0.717) is 0 Å². The molecule has 0 saturated carbocycles. The third kappa shape index (κ3) is 3.84.